The lowest BCUT2D eigenvalue weighted by atomic mass is 9.83. The third kappa shape index (κ3) is 5.61. The summed E-state index contributed by atoms with van der Waals surface area (Å²) in [5.41, 5.74) is 3.54. The van der Waals surface area contributed by atoms with E-state index in [4.69, 9.17) is 35.7 Å². The van der Waals surface area contributed by atoms with Crippen molar-refractivity contribution in [1.29, 1.82) is 0 Å². The van der Waals surface area contributed by atoms with Gasteiger partial charge in [0.15, 0.2) is 5.65 Å². The van der Waals surface area contributed by atoms with Gasteiger partial charge in [-0.1, -0.05) is 37.4 Å². The zero-order chi connectivity index (χ0) is 29.5. The first kappa shape index (κ1) is 27.9. The topological polar surface area (TPSA) is 128 Å². The second-order valence-electron chi connectivity index (χ2n) is 11.7. The monoisotopic (exact) mass is 606 g/mol. The van der Waals surface area contributed by atoms with Crippen LogP contribution in [-0.4, -0.2) is 60.5 Å². The molecule has 1 saturated carbocycles. The third-order valence-corrected chi connectivity index (χ3v) is 8.92. The summed E-state index contributed by atoms with van der Waals surface area (Å²) in [6.45, 7) is 4.68. The molecule has 5 heterocycles. The Morgan fingerprint density at radius 3 is 2.72 bits per heavy atom. The highest BCUT2D eigenvalue weighted by Gasteiger charge is 2.33. The number of allylic oxidation sites excluding steroid dienone is 3. The van der Waals surface area contributed by atoms with E-state index in [0.29, 0.717) is 66.4 Å². The molecule has 4 aromatic rings. The Balaban J connectivity index is 1.44. The van der Waals surface area contributed by atoms with Gasteiger partial charge in [0.05, 0.1) is 24.3 Å². The first-order valence-corrected chi connectivity index (χ1v) is 15.2. The van der Waals surface area contributed by atoms with Crippen LogP contribution in [0, 0.1) is 11.8 Å². The SMILES string of the molecule is CC1CCC(Cn2c(N3CCOC[C@H]3C3=CC=C(F)CC3)nc3nc(-c4n[nH]c(=O)o4)nc(-c4cncc(Cl)c4)c32)CC1. The number of rotatable bonds is 6. The highest BCUT2D eigenvalue weighted by Crippen LogP contribution is 2.38. The third-order valence-electron chi connectivity index (χ3n) is 8.71. The second-order valence-corrected chi connectivity index (χ2v) is 12.1. The fraction of sp³-hybridized carbons (Fsp3) is 0.467. The number of ether oxygens (including phenoxy) is 1. The molecule has 1 saturated heterocycles. The number of aromatic nitrogens is 7. The highest BCUT2D eigenvalue weighted by atomic mass is 35.5. The van der Waals surface area contributed by atoms with Gasteiger partial charge in [-0.05, 0) is 48.8 Å². The summed E-state index contributed by atoms with van der Waals surface area (Å²) in [6, 6.07) is 1.69. The van der Waals surface area contributed by atoms with Crippen molar-refractivity contribution in [3.8, 4) is 23.0 Å². The molecule has 4 aromatic heterocycles. The van der Waals surface area contributed by atoms with Gasteiger partial charge in [0.1, 0.15) is 17.0 Å². The summed E-state index contributed by atoms with van der Waals surface area (Å²) in [5.74, 6) is 1.19. The number of halogens is 2. The summed E-state index contributed by atoms with van der Waals surface area (Å²) in [6.07, 6.45) is 12.3. The van der Waals surface area contributed by atoms with Crippen LogP contribution in [0.1, 0.15) is 45.4 Å². The second kappa shape index (κ2) is 11.6. The predicted octanol–water partition coefficient (Wildman–Crippen LogP) is 5.49. The van der Waals surface area contributed by atoms with Crippen LogP contribution >= 0.6 is 11.6 Å². The number of fused-ring (bicyclic) bond motifs is 1. The maximum atomic E-state index is 13.9. The fourth-order valence-corrected chi connectivity index (χ4v) is 6.58. The quantitative estimate of drug-likeness (QED) is 0.303. The van der Waals surface area contributed by atoms with Crippen molar-refractivity contribution in [2.45, 2.75) is 58.0 Å². The minimum Gasteiger partial charge on any atom is -0.384 e. The zero-order valence-electron chi connectivity index (χ0n) is 23.8. The Labute approximate surface area is 251 Å². The van der Waals surface area contributed by atoms with E-state index in [9.17, 15) is 9.18 Å². The van der Waals surface area contributed by atoms with Gasteiger partial charge in [-0.2, -0.15) is 4.98 Å². The van der Waals surface area contributed by atoms with Gasteiger partial charge in [0.2, 0.25) is 11.8 Å². The molecule has 13 heteroatoms. The van der Waals surface area contributed by atoms with Gasteiger partial charge >= 0.3 is 5.76 Å². The van der Waals surface area contributed by atoms with E-state index in [2.05, 4.69) is 31.6 Å². The Hall–Kier alpha value is -3.90. The molecular weight excluding hydrogens is 575 g/mol. The van der Waals surface area contributed by atoms with E-state index < -0.39 is 5.76 Å². The molecule has 1 atom stereocenters. The first-order valence-electron chi connectivity index (χ1n) is 14.8. The normalized spacial score (nSPS) is 23.0. The zero-order valence-corrected chi connectivity index (χ0v) is 24.6. The van der Waals surface area contributed by atoms with Crippen LogP contribution in [-0.2, 0) is 11.3 Å². The lowest BCUT2D eigenvalue weighted by Gasteiger charge is -2.39. The van der Waals surface area contributed by atoms with Crippen LogP contribution in [0.15, 0.2) is 51.2 Å². The molecule has 3 aliphatic rings. The minimum absolute atomic E-state index is 0.0362. The summed E-state index contributed by atoms with van der Waals surface area (Å²) in [7, 11) is 0. The molecule has 2 fully saturated rings. The van der Waals surface area contributed by atoms with Crippen LogP contribution in [0.2, 0.25) is 5.02 Å². The van der Waals surface area contributed by atoms with Crippen LogP contribution in [0.3, 0.4) is 0 Å². The van der Waals surface area contributed by atoms with E-state index in [1.807, 2.05) is 6.08 Å². The number of nitrogens with zero attached hydrogens (tertiary/aromatic N) is 7. The number of anilines is 1. The number of nitrogens with one attached hydrogen (secondary N) is 1. The van der Waals surface area contributed by atoms with Crippen molar-refractivity contribution in [3.63, 3.8) is 0 Å². The van der Waals surface area contributed by atoms with Gasteiger partial charge in [0.25, 0.3) is 5.89 Å². The highest BCUT2D eigenvalue weighted by molar-refractivity contribution is 6.30. The Morgan fingerprint density at radius 1 is 1.12 bits per heavy atom. The molecule has 0 spiro atoms. The summed E-state index contributed by atoms with van der Waals surface area (Å²) < 4.78 is 27.3. The number of imidazole rings is 1. The van der Waals surface area contributed by atoms with Crippen LogP contribution in [0.5, 0.6) is 0 Å². The predicted molar refractivity (Wildman–Crippen MR) is 159 cm³/mol. The summed E-state index contributed by atoms with van der Waals surface area (Å²) in [4.78, 5) is 33.1. The molecular formula is C30H32ClFN8O3. The largest absolute Gasteiger partial charge is 0.434 e. The minimum atomic E-state index is -0.704. The summed E-state index contributed by atoms with van der Waals surface area (Å²) in [5, 5.41) is 6.71. The first-order chi connectivity index (χ1) is 20.9. The van der Waals surface area contributed by atoms with E-state index >= 15 is 0 Å². The summed E-state index contributed by atoms with van der Waals surface area (Å²) >= 11 is 6.39. The molecule has 0 aromatic carbocycles. The van der Waals surface area contributed by atoms with E-state index in [-0.39, 0.29) is 23.6 Å². The average molecular weight is 607 g/mol. The number of aromatic amines is 1. The molecule has 224 valence electrons. The molecule has 0 unspecified atom stereocenters. The van der Waals surface area contributed by atoms with E-state index in [1.54, 1.807) is 24.5 Å². The molecule has 0 bridgehead atoms. The molecule has 43 heavy (non-hydrogen) atoms. The van der Waals surface area contributed by atoms with Gasteiger partial charge in [-0.15, -0.1) is 5.10 Å². The molecule has 11 nitrogen and oxygen atoms in total. The van der Waals surface area contributed by atoms with Gasteiger partial charge < -0.3 is 18.6 Å². The van der Waals surface area contributed by atoms with Crippen LogP contribution < -0.4 is 10.7 Å². The number of hydrogen-bond donors (Lipinski definition) is 1. The van der Waals surface area contributed by atoms with E-state index in [0.717, 1.165) is 36.4 Å². The molecule has 0 amide bonds. The number of morpholine rings is 1. The van der Waals surface area contributed by atoms with Crippen molar-refractivity contribution in [3.05, 3.63) is 57.6 Å². The molecule has 7 rings (SSSR count). The lowest BCUT2D eigenvalue weighted by Crippen LogP contribution is -2.48. The Bertz CT molecular complexity index is 1770. The lowest BCUT2D eigenvalue weighted by molar-refractivity contribution is 0.101. The van der Waals surface area contributed by atoms with Crippen LogP contribution in [0.25, 0.3) is 34.1 Å². The van der Waals surface area contributed by atoms with Gasteiger partial charge in [-0.3, -0.25) is 4.98 Å². The number of pyridine rings is 1. The van der Waals surface area contributed by atoms with E-state index in [1.165, 1.54) is 12.8 Å². The Kier molecular flexibility index (Phi) is 7.56. The fourth-order valence-electron chi connectivity index (χ4n) is 6.41. The average Bonchev–Trinajstić information content (AvgIpc) is 3.62. The van der Waals surface area contributed by atoms with Crippen molar-refractivity contribution < 1.29 is 13.5 Å². The van der Waals surface area contributed by atoms with Gasteiger partial charge in [0, 0.05) is 37.5 Å². The maximum absolute atomic E-state index is 13.9. The Morgan fingerprint density at radius 2 is 1.98 bits per heavy atom. The van der Waals surface area contributed by atoms with Crippen LogP contribution in [0.4, 0.5) is 10.3 Å². The van der Waals surface area contributed by atoms with Crippen molar-refractivity contribution in [2.75, 3.05) is 24.7 Å². The van der Waals surface area contributed by atoms with Crippen molar-refractivity contribution >= 4 is 28.7 Å². The molecule has 2 aliphatic carbocycles. The molecule has 1 aliphatic heterocycles. The van der Waals surface area contributed by atoms with Gasteiger partial charge in [-0.25, -0.2) is 24.3 Å². The number of hydrogen-bond acceptors (Lipinski definition) is 9. The standard InChI is InChI=1S/C30H32ClFN8O3/c1-17-2-4-18(5-3-17)15-40-25-24(20-12-21(31)14-33-13-20)34-27(28-37-38-30(41)43-28)35-26(25)36-29(40)39-10-11-42-16-23(39)19-6-8-22(32)9-7-19/h6,8,12-14,17-18,23H,2-5,7,9-11,15-16H2,1H3,(H,38,41)/t17?,18?,23-/m0/s1. The number of H-pyrrole nitrogens is 1. The van der Waals surface area contributed by atoms with Crippen molar-refractivity contribution in [1.82, 2.24) is 34.7 Å². The maximum Gasteiger partial charge on any atom is 0.434 e. The van der Waals surface area contributed by atoms with Crippen molar-refractivity contribution in [2.24, 2.45) is 11.8 Å². The molecule has 0 radical (unpaired) electrons. The molecule has 1 N–H and O–H groups in total. The smallest absolute Gasteiger partial charge is 0.384 e.